The van der Waals surface area contributed by atoms with E-state index in [2.05, 4.69) is 10.3 Å². The molecule has 5 N–H and O–H groups in total. The van der Waals surface area contributed by atoms with Crippen LogP contribution in [-0.4, -0.2) is 44.4 Å². The lowest BCUT2D eigenvalue weighted by Gasteiger charge is -2.10. The molecule has 0 fully saturated rings. The van der Waals surface area contributed by atoms with Crippen molar-refractivity contribution in [2.75, 3.05) is 7.11 Å². The lowest BCUT2D eigenvalue weighted by atomic mass is 10.1. The number of aromatic hydroxyl groups is 3. The first-order valence-corrected chi connectivity index (χ1v) is 8.05. The Bertz CT molecular complexity index is 1100. The monoisotopic (exact) mass is 384 g/mol. The minimum absolute atomic E-state index is 0.00324. The van der Waals surface area contributed by atoms with E-state index >= 15 is 0 Å². The Balaban J connectivity index is 1.85. The second-order valence-corrected chi connectivity index (χ2v) is 5.88. The van der Waals surface area contributed by atoms with Gasteiger partial charge >= 0.3 is 5.97 Å². The van der Waals surface area contributed by atoms with E-state index < -0.39 is 29.1 Å². The van der Waals surface area contributed by atoms with Crippen LogP contribution in [0.3, 0.4) is 0 Å². The summed E-state index contributed by atoms with van der Waals surface area (Å²) in [7, 11) is 1.33. The number of phenols is 3. The van der Waals surface area contributed by atoms with Gasteiger partial charge in [0.1, 0.15) is 16.8 Å². The first-order valence-electron chi connectivity index (χ1n) is 8.05. The van der Waals surface area contributed by atoms with Crippen molar-refractivity contribution in [1.29, 1.82) is 0 Å². The number of carboxylic acids is 1. The van der Waals surface area contributed by atoms with Crippen LogP contribution in [0, 0.1) is 0 Å². The quantitative estimate of drug-likeness (QED) is 0.419. The average molecular weight is 384 g/mol. The molecule has 0 radical (unpaired) electrons. The molecule has 1 aromatic heterocycles. The number of carbonyl (C=O) groups excluding carboxylic acids is 1. The molecule has 1 amide bonds. The first kappa shape index (κ1) is 18.8. The number of rotatable bonds is 5. The normalized spacial score (nSPS) is 10.6. The molecule has 0 aliphatic carbocycles. The predicted octanol–water partition coefficient (Wildman–Crippen LogP) is 1.99. The highest BCUT2D eigenvalue weighted by molar-refractivity contribution is 6.01. The molecule has 9 heteroatoms. The van der Waals surface area contributed by atoms with Crippen molar-refractivity contribution >= 4 is 22.8 Å². The van der Waals surface area contributed by atoms with E-state index in [0.29, 0.717) is 10.9 Å². The number of ether oxygens (including phenoxy) is 1. The number of benzene rings is 2. The summed E-state index contributed by atoms with van der Waals surface area (Å²) in [4.78, 5) is 27.6. The van der Waals surface area contributed by atoms with E-state index in [4.69, 9.17) is 9.84 Å². The van der Waals surface area contributed by atoms with Crippen LogP contribution in [0.15, 0.2) is 36.4 Å². The van der Waals surface area contributed by atoms with Crippen LogP contribution in [0.1, 0.15) is 26.4 Å². The number of amides is 1. The summed E-state index contributed by atoms with van der Waals surface area (Å²) >= 11 is 0. The van der Waals surface area contributed by atoms with Gasteiger partial charge in [-0.2, -0.15) is 0 Å². The molecule has 2 aromatic carbocycles. The zero-order valence-electron chi connectivity index (χ0n) is 14.6. The summed E-state index contributed by atoms with van der Waals surface area (Å²) in [5, 5.41) is 41.6. The lowest BCUT2D eigenvalue weighted by Crippen LogP contribution is -2.23. The number of pyridine rings is 1. The molecule has 0 bridgehead atoms. The number of methoxy groups -OCH3 is 1. The maximum Gasteiger partial charge on any atom is 0.339 e. The maximum atomic E-state index is 12.4. The van der Waals surface area contributed by atoms with Gasteiger partial charge in [-0.25, -0.2) is 9.78 Å². The third kappa shape index (κ3) is 3.45. The Morgan fingerprint density at radius 1 is 1.07 bits per heavy atom. The van der Waals surface area contributed by atoms with Crippen molar-refractivity contribution in [3.63, 3.8) is 0 Å². The zero-order valence-corrected chi connectivity index (χ0v) is 14.6. The van der Waals surface area contributed by atoms with Crippen LogP contribution in [0.5, 0.6) is 23.0 Å². The molecule has 0 spiro atoms. The summed E-state index contributed by atoms with van der Waals surface area (Å²) in [5.41, 5.74) is 0.123. The number of nitrogens with zero attached hydrogens (tertiary/aromatic N) is 1. The standard InChI is InChI=1S/C19H16N2O7/c1-28-14-7-9(6-13(22)17(14)24)8-20-18(25)12-5-3-10-2-4-11(19(26)27)16(23)15(10)21-12/h2-7,22-24H,8H2,1H3,(H,20,25)(H,26,27). The zero-order chi connectivity index (χ0) is 20.4. The van der Waals surface area contributed by atoms with Crippen molar-refractivity contribution < 1.29 is 34.8 Å². The average Bonchev–Trinajstić information content (AvgIpc) is 2.68. The number of aromatic carboxylic acids is 1. The Morgan fingerprint density at radius 3 is 2.46 bits per heavy atom. The third-order valence-corrected chi connectivity index (χ3v) is 4.09. The highest BCUT2D eigenvalue weighted by atomic mass is 16.5. The molecular weight excluding hydrogens is 368 g/mol. The number of carboxylic acid groups (broad SMARTS) is 1. The van der Waals surface area contributed by atoms with Crippen LogP contribution in [0.2, 0.25) is 0 Å². The van der Waals surface area contributed by atoms with Crippen molar-refractivity contribution in [2.45, 2.75) is 6.54 Å². The van der Waals surface area contributed by atoms with Crippen LogP contribution in [-0.2, 0) is 6.54 Å². The smallest absolute Gasteiger partial charge is 0.339 e. The van der Waals surface area contributed by atoms with Gasteiger partial charge in [-0.3, -0.25) is 4.79 Å². The first-order chi connectivity index (χ1) is 13.3. The number of hydrogen-bond donors (Lipinski definition) is 5. The second kappa shape index (κ2) is 7.31. The SMILES string of the molecule is COc1cc(CNC(=O)c2ccc3ccc(C(=O)O)c(O)c3n2)cc(O)c1O. The summed E-state index contributed by atoms with van der Waals surface area (Å²) in [6.45, 7) is 0.00387. The summed E-state index contributed by atoms with van der Waals surface area (Å²) in [6.07, 6.45) is 0. The molecule has 0 aliphatic heterocycles. The molecule has 9 nitrogen and oxygen atoms in total. The summed E-state index contributed by atoms with van der Waals surface area (Å²) in [6, 6.07) is 8.44. The topological polar surface area (TPSA) is 149 Å². The fourth-order valence-electron chi connectivity index (χ4n) is 2.65. The molecule has 1 heterocycles. The molecule has 3 rings (SSSR count). The fraction of sp³-hybridized carbons (Fsp3) is 0.105. The van der Waals surface area contributed by atoms with Crippen LogP contribution < -0.4 is 10.1 Å². The molecule has 0 saturated heterocycles. The van der Waals surface area contributed by atoms with Crippen LogP contribution in [0.25, 0.3) is 10.9 Å². The number of carbonyl (C=O) groups is 2. The molecular formula is C19H16N2O7. The lowest BCUT2D eigenvalue weighted by molar-refractivity contribution is 0.0693. The highest BCUT2D eigenvalue weighted by Gasteiger charge is 2.16. The maximum absolute atomic E-state index is 12.4. The molecule has 3 aromatic rings. The van der Waals surface area contributed by atoms with Crippen molar-refractivity contribution in [3.8, 4) is 23.0 Å². The van der Waals surface area contributed by atoms with E-state index in [9.17, 15) is 24.9 Å². The fourth-order valence-corrected chi connectivity index (χ4v) is 2.65. The minimum atomic E-state index is -1.31. The number of phenolic OH excluding ortho intramolecular Hbond substituents is 2. The van der Waals surface area contributed by atoms with Crippen molar-refractivity contribution in [1.82, 2.24) is 10.3 Å². The van der Waals surface area contributed by atoms with Crippen LogP contribution in [0.4, 0.5) is 0 Å². The molecule has 0 aliphatic rings. The molecule has 144 valence electrons. The van der Waals surface area contributed by atoms with Crippen molar-refractivity contribution in [3.05, 3.63) is 53.2 Å². The molecule has 0 atom stereocenters. The van der Waals surface area contributed by atoms with Gasteiger partial charge in [0.25, 0.3) is 5.91 Å². The number of fused-ring (bicyclic) bond motifs is 1. The number of nitrogens with one attached hydrogen (secondary N) is 1. The van der Waals surface area contributed by atoms with E-state index in [1.54, 1.807) is 0 Å². The second-order valence-electron chi connectivity index (χ2n) is 5.88. The van der Waals surface area contributed by atoms with Gasteiger partial charge < -0.3 is 30.5 Å². The van der Waals surface area contributed by atoms with E-state index in [0.717, 1.165) is 0 Å². The van der Waals surface area contributed by atoms with Gasteiger partial charge in [0.15, 0.2) is 17.2 Å². The summed E-state index contributed by atoms with van der Waals surface area (Å²) < 4.78 is 4.94. The molecule has 28 heavy (non-hydrogen) atoms. The van der Waals surface area contributed by atoms with Gasteiger partial charge in [-0.05, 0) is 29.8 Å². The Hall–Kier alpha value is -4.01. The number of hydrogen-bond acceptors (Lipinski definition) is 7. The predicted molar refractivity (Wildman–Crippen MR) is 97.9 cm³/mol. The minimum Gasteiger partial charge on any atom is -0.505 e. The van der Waals surface area contributed by atoms with E-state index in [-0.39, 0.29) is 29.1 Å². The Morgan fingerprint density at radius 2 is 1.79 bits per heavy atom. The van der Waals surface area contributed by atoms with E-state index in [1.807, 2.05) is 0 Å². The van der Waals surface area contributed by atoms with Gasteiger partial charge in [0.2, 0.25) is 5.75 Å². The molecule has 0 saturated carbocycles. The third-order valence-electron chi connectivity index (χ3n) is 4.09. The van der Waals surface area contributed by atoms with Crippen LogP contribution >= 0.6 is 0 Å². The molecule has 0 unspecified atom stereocenters. The highest BCUT2D eigenvalue weighted by Crippen LogP contribution is 2.36. The summed E-state index contributed by atoms with van der Waals surface area (Å²) in [5.74, 6) is -3.14. The van der Waals surface area contributed by atoms with Gasteiger partial charge in [-0.15, -0.1) is 0 Å². The largest absolute Gasteiger partial charge is 0.505 e. The van der Waals surface area contributed by atoms with Gasteiger partial charge in [-0.1, -0.05) is 12.1 Å². The number of aromatic nitrogens is 1. The van der Waals surface area contributed by atoms with E-state index in [1.165, 1.54) is 43.5 Å². The Kier molecular flexibility index (Phi) is 4.90. The Labute approximate surface area is 158 Å². The van der Waals surface area contributed by atoms with Gasteiger partial charge in [0, 0.05) is 11.9 Å². The van der Waals surface area contributed by atoms with Gasteiger partial charge in [0.05, 0.1) is 7.11 Å². The van der Waals surface area contributed by atoms with Crippen molar-refractivity contribution in [2.24, 2.45) is 0 Å².